The van der Waals surface area contributed by atoms with Crippen molar-refractivity contribution in [1.29, 1.82) is 0 Å². The molecular weight excluding hydrogens is 242 g/mol. The maximum Gasteiger partial charge on any atom is 0.352 e. The standard InChI is InChI=1S/C12H18ClNO3/c1-9(2)3-5-17-6-4-14-8-10(13)7-11(14)12(15)16/h7-9H,3-6H2,1-2H3,(H,15,16). The topological polar surface area (TPSA) is 51.5 Å². The quantitative estimate of drug-likeness (QED) is 0.766. The van der Waals surface area contributed by atoms with Crippen LogP contribution < -0.4 is 0 Å². The van der Waals surface area contributed by atoms with Gasteiger partial charge in [-0.05, 0) is 18.4 Å². The Labute approximate surface area is 106 Å². The summed E-state index contributed by atoms with van der Waals surface area (Å²) in [7, 11) is 0. The largest absolute Gasteiger partial charge is 0.477 e. The highest BCUT2D eigenvalue weighted by atomic mass is 35.5. The Morgan fingerprint density at radius 1 is 1.53 bits per heavy atom. The van der Waals surface area contributed by atoms with E-state index in [0.29, 0.717) is 30.7 Å². The van der Waals surface area contributed by atoms with E-state index in [0.717, 1.165) is 6.42 Å². The van der Waals surface area contributed by atoms with Gasteiger partial charge in [-0.3, -0.25) is 0 Å². The van der Waals surface area contributed by atoms with Crippen LogP contribution in [0.3, 0.4) is 0 Å². The van der Waals surface area contributed by atoms with Crippen LogP contribution in [0.1, 0.15) is 30.8 Å². The zero-order valence-corrected chi connectivity index (χ0v) is 10.9. The molecule has 0 radical (unpaired) electrons. The first kappa shape index (κ1) is 14.1. The van der Waals surface area contributed by atoms with Crippen molar-refractivity contribution in [1.82, 2.24) is 4.57 Å². The zero-order valence-electron chi connectivity index (χ0n) is 10.1. The van der Waals surface area contributed by atoms with Gasteiger partial charge < -0.3 is 14.4 Å². The monoisotopic (exact) mass is 259 g/mol. The molecule has 1 N–H and O–H groups in total. The van der Waals surface area contributed by atoms with Crippen LogP contribution in [0.25, 0.3) is 0 Å². The van der Waals surface area contributed by atoms with Gasteiger partial charge in [0.2, 0.25) is 0 Å². The molecule has 17 heavy (non-hydrogen) atoms. The Bertz CT molecular complexity index is 374. The number of nitrogens with zero attached hydrogens (tertiary/aromatic N) is 1. The molecule has 1 rings (SSSR count). The molecule has 0 aromatic carbocycles. The van der Waals surface area contributed by atoms with Crippen molar-refractivity contribution in [3.05, 3.63) is 23.0 Å². The number of aromatic nitrogens is 1. The first-order chi connectivity index (χ1) is 8.00. The van der Waals surface area contributed by atoms with Crippen molar-refractivity contribution in [3.8, 4) is 0 Å². The van der Waals surface area contributed by atoms with Crippen molar-refractivity contribution < 1.29 is 14.6 Å². The Morgan fingerprint density at radius 3 is 2.82 bits per heavy atom. The van der Waals surface area contributed by atoms with Crippen LogP contribution >= 0.6 is 11.6 Å². The number of aromatic carboxylic acids is 1. The lowest BCUT2D eigenvalue weighted by atomic mass is 10.1. The van der Waals surface area contributed by atoms with E-state index in [9.17, 15) is 4.79 Å². The average Bonchev–Trinajstić information content (AvgIpc) is 2.59. The summed E-state index contributed by atoms with van der Waals surface area (Å²) < 4.78 is 7.03. The molecule has 0 aliphatic rings. The number of hydrogen-bond acceptors (Lipinski definition) is 2. The molecule has 0 bridgehead atoms. The van der Waals surface area contributed by atoms with Gasteiger partial charge >= 0.3 is 5.97 Å². The van der Waals surface area contributed by atoms with Gasteiger partial charge in [0.15, 0.2) is 0 Å². The fraction of sp³-hybridized carbons (Fsp3) is 0.583. The molecule has 0 saturated carbocycles. The third kappa shape index (κ3) is 4.79. The summed E-state index contributed by atoms with van der Waals surface area (Å²) >= 11 is 5.77. The Balaban J connectivity index is 2.38. The van der Waals surface area contributed by atoms with E-state index in [-0.39, 0.29) is 5.69 Å². The molecule has 0 aliphatic carbocycles. The van der Waals surface area contributed by atoms with Crippen LogP contribution in [-0.4, -0.2) is 28.9 Å². The Kier molecular flexibility index (Phi) is 5.51. The molecule has 0 saturated heterocycles. The summed E-state index contributed by atoms with van der Waals surface area (Å²) in [4.78, 5) is 10.9. The van der Waals surface area contributed by atoms with Gasteiger partial charge in [0.1, 0.15) is 5.69 Å². The van der Waals surface area contributed by atoms with E-state index in [4.69, 9.17) is 21.4 Å². The van der Waals surface area contributed by atoms with Crippen LogP contribution in [-0.2, 0) is 11.3 Å². The van der Waals surface area contributed by atoms with E-state index in [1.807, 2.05) is 0 Å². The summed E-state index contributed by atoms with van der Waals surface area (Å²) in [6, 6.07) is 1.44. The predicted molar refractivity (Wildman–Crippen MR) is 66.7 cm³/mol. The van der Waals surface area contributed by atoms with Gasteiger partial charge in [0.05, 0.1) is 11.6 Å². The Morgan fingerprint density at radius 2 is 2.24 bits per heavy atom. The van der Waals surface area contributed by atoms with Crippen molar-refractivity contribution in [2.75, 3.05) is 13.2 Å². The third-order valence-corrected chi connectivity index (χ3v) is 2.61. The van der Waals surface area contributed by atoms with Crippen LogP contribution in [0, 0.1) is 5.92 Å². The molecule has 1 aromatic heterocycles. The van der Waals surface area contributed by atoms with Gasteiger partial charge in [-0.25, -0.2) is 4.79 Å². The molecule has 1 heterocycles. The lowest BCUT2D eigenvalue weighted by Gasteiger charge is -2.08. The number of ether oxygens (including phenoxy) is 1. The van der Waals surface area contributed by atoms with Gasteiger partial charge in [-0.2, -0.15) is 0 Å². The smallest absolute Gasteiger partial charge is 0.352 e. The molecule has 0 spiro atoms. The highest BCUT2D eigenvalue weighted by Gasteiger charge is 2.11. The minimum atomic E-state index is -0.973. The van der Waals surface area contributed by atoms with Gasteiger partial charge in [-0.1, -0.05) is 25.4 Å². The van der Waals surface area contributed by atoms with E-state index in [1.54, 1.807) is 10.8 Å². The maximum atomic E-state index is 10.9. The lowest BCUT2D eigenvalue weighted by Crippen LogP contribution is -2.12. The molecule has 0 unspecified atom stereocenters. The van der Waals surface area contributed by atoms with Crippen molar-refractivity contribution in [2.45, 2.75) is 26.8 Å². The summed E-state index contributed by atoms with van der Waals surface area (Å²) in [5.74, 6) is -0.357. The molecule has 96 valence electrons. The van der Waals surface area contributed by atoms with Crippen molar-refractivity contribution in [2.24, 2.45) is 5.92 Å². The second-order valence-corrected chi connectivity index (χ2v) is 4.77. The second kappa shape index (κ2) is 6.67. The molecule has 5 heteroatoms. The fourth-order valence-corrected chi connectivity index (χ4v) is 1.64. The molecular formula is C12H18ClNO3. The maximum absolute atomic E-state index is 10.9. The van der Waals surface area contributed by atoms with Gasteiger partial charge in [0, 0.05) is 19.3 Å². The lowest BCUT2D eigenvalue weighted by molar-refractivity contribution is 0.0679. The molecule has 0 atom stereocenters. The number of carboxylic acid groups (broad SMARTS) is 1. The summed E-state index contributed by atoms with van der Waals surface area (Å²) in [6.07, 6.45) is 2.62. The van der Waals surface area contributed by atoms with Gasteiger partial charge in [0.25, 0.3) is 0 Å². The molecule has 0 aliphatic heterocycles. The highest BCUT2D eigenvalue weighted by Crippen LogP contribution is 2.14. The SMILES string of the molecule is CC(C)CCOCCn1cc(Cl)cc1C(=O)O. The Hall–Kier alpha value is -1.00. The molecule has 0 fully saturated rings. The van der Waals surface area contributed by atoms with Crippen LogP contribution in [0.15, 0.2) is 12.3 Å². The summed E-state index contributed by atoms with van der Waals surface area (Å²) in [5.41, 5.74) is 0.197. The number of hydrogen-bond donors (Lipinski definition) is 1. The fourth-order valence-electron chi connectivity index (χ4n) is 1.42. The first-order valence-corrected chi connectivity index (χ1v) is 6.05. The van der Waals surface area contributed by atoms with Crippen molar-refractivity contribution in [3.63, 3.8) is 0 Å². The molecule has 4 nitrogen and oxygen atoms in total. The van der Waals surface area contributed by atoms with Crippen LogP contribution in [0.5, 0.6) is 0 Å². The van der Waals surface area contributed by atoms with E-state index in [2.05, 4.69) is 13.8 Å². The van der Waals surface area contributed by atoms with Crippen LogP contribution in [0.2, 0.25) is 5.02 Å². The molecule has 0 amide bonds. The average molecular weight is 260 g/mol. The number of carbonyl (C=O) groups is 1. The van der Waals surface area contributed by atoms with E-state index in [1.165, 1.54) is 6.07 Å². The third-order valence-electron chi connectivity index (χ3n) is 2.40. The van der Waals surface area contributed by atoms with E-state index < -0.39 is 5.97 Å². The highest BCUT2D eigenvalue weighted by molar-refractivity contribution is 6.30. The second-order valence-electron chi connectivity index (χ2n) is 4.34. The minimum absolute atomic E-state index is 0.197. The van der Waals surface area contributed by atoms with Gasteiger partial charge in [-0.15, -0.1) is 0 Å². The first-order valence-electron chi connectivity index (χ1n) is 5.67. The normalized spacial score (nSPS) is 11.1. The predicted octanol–water partition coefficient (Wildman–Crippen LogP) is 2.90. The number of rotatable bonds is 7. The number of halogens is 1. The molecule has 1 aromatic rings. The number of carboxylic acids is 1. The zero-order chi connectivity index (χ0) is 12.8. The van der Waals surface area contributed by atoms with E-state index >= 15 is 0 Å². The minimum Gasteiger partial charge on any atom is -0.477 e. The summed E-state index contributed by atoms with van der Waals surface area (Å²) in [6.45, 7) is 5.98. The van der Waals surface area contributed by atoms with Crippen molar-refractivity contribution >= 4 is 17.6 Å². The summed E-state index contributed by atoms with van der Waals surface area (Å²) in [5, 5.41) is 9.37. The van der Waals surface area contributed by atoms with Crippen LogP contribution in [0.4, 0.5) is 0 Å².